The van der Waals surface area contributed by atoms with E-state index in [1.54, 1.807) is 20.1 Å². The minimum Gasteiger partial charge on any atom is -0.496 e. The molecule has 0 spiro atoms. The number of Topliss-reactive ketones (excluding diaryl/α,β-unsaturated/α-hetero) is 1. The van der Waals surface area contributed by atoms with Crippen LogP contribution in [-0.2, 0) is 11.2 Å². The fraction of sp³-hybridized carbons (Fsp3) is 0.462. The first kappa shape index (κ1) is 11.5. The van der Waals surface area contributed by atoms with E-state index in [-0.39, 0.29) is 11.2 Å². The molecular formula is C13H15ClO2. The van der Waals surface area contributed by atoms with E-state index in [9.17, 15) is 4.79 Å². The largest absolute Gasteiger partial charge is 0.496 e. The van der Waals surface area contributed by atoms with Crippen molar-refractivity contribution in [1.82, 2.24) is 0 Å². The highest BCUT2D eigenvalue weighted by Gasteiger charge is 2.47. The Morgan fingerprint density at radius 3 is 2.69 bits per heavy atom. The Kier molecular flexibility index (Phi) is 2.94. The lowest BCUT2D eigenvalue weighted by Crippen LogP contribution is -2.15. The van der Waals surface area contributed by atoms with Crippen molar-refractivity contribution in [2.45, 2.75) is 26.2 Å². The smallest absolute Gasteiger partial charge is 0.136 e. The molecule has 0 heterocycles. The van der Waals surface area contributed by atoms with Crippen molar-refractivity contribution < 1.29 is 9.53 Å². The van der Waals surface area contributed by atoms with E-state index in [0.717, 1.165) is 30.6 Å². The van der Waals surface area contributed by atoms with Crippen molar-refractivity contribution in [1.29, 1.82) is 0 Å². The number of carbonyl (C=O) groups excluding carboxylic acids is 1. The summed E-state index contributed by atoms with van der Waals surface area (Å²) < 4.78 is 5.28. The molecule has 0 amide bonds. The first-order valence-electron chi connectivity index (χ1n) is 5.41. The van der Waals surface area contributed by atoms with Crippen LogP contribution in [0.5, 0.6) is 5.75 Å². The Bertz CT molecular complexity index is 422. The molecule has 2 nitrogen and oxygen atoms in total. The Balaban J connectivity index is 2.27. The highest BCUT2D eigenvalue weighted by Crippen LogP contribution is 2.50. The third kappa shape index (κ3) is 2.07. The second-order valence-electron chi connectivity index (χ2n) is 4.47. The van der Waals surface area contributed by atoms with Gasteiger partial charge in [-0.3, -0.25) is 4.79 Å². The predicted octanol–water partition coefficient (Wildman–Crippen LogP) is 3.26. The van der Waals surface area contributed by atoms with Crippen LogP contribution in [0, 0.1) is 5.41 Å². The number of carbonyl (C=O) groups is 1. The summed E-state index contributed by atoms with van der Waals surface area (Å²) in [4.78, 5) is 11.5. The highest BCUT2D eigenvalue weighted by molar-refractivity contribution is 6.30. The zero-order valence-corrected chi connectivity index (χ0v) is 10.3. The molecule has 0 aromatic heterocycles. The van der Waals surface area contributed by atoms with E-state index in [1.807, 2.05) is 12.1 Å². The van der Waals surface area contributed by atoms with Gasteiger partial charge in [0.2, 0.25) is 0 Å². The molecule has 1 aromatic carbocycles. The Labute approximate surface area is 101 Å². The average Bonchev–Trinajstić information content (AvgIpc) is 2.99. The van der Waals surface area contributed by atoms with Gasteiger partial charge in [0.25, 0.3) is 0 Å². The third-order valence-corrected chi connectivity index (χ3v) is 3.61. The lowest BCUT2D eigenvalue weighted by Gasteiger charge is -2.14. The Hall–Kier alpha value is -1.02. The summed E-state index contributed by atoms with van der Waals surface area (Å²) in [5.74, 6) is 1.09. The first-order valence-corrected chi connectivity index (χ1v) is 5.79. The molecule has 0 radical (unpaired) electrons. The van der Waals surface area contributed by atoms with Crippen LogP contribution < -0.4 is 4.74 Å². The van der Waals surface area contributed by atoms with Crippen LogP contribution in [0.1, 0.15) is 25.3 Å². The van der Waals surface area contributed by atoms with Crippen molar-refractivity contribution >= 4 is 17.4 Å². The molecule has 0 atom stereocenters. The normalized spacial score (nSPS) is 16.9. The summed E-state index contributed by atoms with van der Waals surface area (Å²) in [5.41, 5.74) is 0.889. The highest BCUT2D eigenvalue weighted by atomic mass is 35.5. The molecule has 0 bridgehead atoms. The molecule has 1 fully saturated rings. The van der Waals surface area contributed by atoms with Crippen LogP contribution in [0.15, 0.2) is 18.2 Å². The summed E-state index contributed by atoms with van der Waals surface area (Å²) in [5, 5.41) is 0.690. The molecule has 86 valence electrons. The second-order valence-corrected chi connectivity index (χ2v) is 4.91. The number of rotatable bonds is 4. The maximum atomic E-state index is 11.5. The standard InChI is InChI=1S/C13H15ClO2/c1-9(15)13(5-6-13)8-10-7-11(14)3-4-12(10)16-2/h3-4,7H,5-6,8H2,1-2H3. The molecular weight excluding hydrogens is 224 g/mol. The maximum Gasteiger partial charge on any atom is 0.136 e. The summed E-state index contributed by atoms with van der Waals surface area (Å²) in [6, 6.07) is 5.55. The molecule has 2 rings (SSSR count). The Morgan fingerprint density at radius 1 is 1.50 bits per heavy atom. The van der Waals surface area contributed by atoms with E-state index >= 15 is 0 Å². The fourth-order valence-corrected chi connectivity index (χ4v) is 2.25. The quantitative estimate of drug-likeness (QED) is 0.805. The lowest BCUT2D eigenvalue weighted by atomic mass is 9.92. The van der Waals surface area contributed by atoms with E-state index in [1.165, 1.54) is 0 Å². The van der Waals surface area contributed by atoms with Crippen molar-refractivity contribution in [3.05, 3.63) is 28.8 Å². The zero-order valence-electron chi connectivity index (χ0n) is 9.55. The van der Waals surface area contributed by atoms with Crippen molar-refractivity contribution in [3.63, 3.8) is 0 Å². The number of halogens is 1. The van der Waals surface area contributed by atoms with Gasteiger partial charge in [0.15, 0.2) is 0 Å². The summed E-state index contributed by atoms with van der Waals surface area (Å²) >= 11 is 5.96. The lowest BCUT2D eigenvalue weighted by molar-refractivity contribution is -0.121. The van der Waals surface area contributed by atoms with E-state index in [2.05, 4.69) is 0 Å². The minimum absolute atomic E-state index is 0.141. The second kappa shape index (κ2) is 4.10. The van der Waals surface area contributed by atoms with Crippen molar-refractivity contribution in [2.75, 3.05) is 7.11 Å². The predicted molar refractivity (Wildman–Crippen MR) is 64.1 cm³/mol. The molecule has 16 heavy (non-hydrogen) atoms. The molecule has 3 heteroatoms. The van der Waals surface area contributed by atoms with E-state index < -0.39 is 0 Å². The Morgan fingerprint density at radius 2 is 2.19 bits per heavy atom. The van der Waals surface area contributed by atoms with Crippen LogP contribution in [0.3, 0.4) is 0 Å². The number of hydrogen-bond donors (Lipinski definition) is 0. The first-order chi connectivity index (χ1) is 7.57. The summed E-state index contributed by atoms with van der Waals surface area (Å²) in [7, 11) is 1.64. The van der Waals surface area contributed by atoms with Crippen LogP contribution in [0.4, 0.5) is 0 Å². The van der Waals surface area contributed by atoms with Crippen LogP contribution in [-0.4, -0.2) is 12.9 Å². The van der Waals surface area contributed by atoms with Crippen LogP contribution >= 0.6 is 11.6 Å². The number of ether oxygens (including phenoxy) is 1. The number of ketones is 1. The van der Waals surface area contributed by atoms with E-state index in [4.69, 9.17) is 16.3 Å². The van der Waals surface area contributed by atoms with Gasteiger partial charge in [-0.05, 0) is 49.9 Å². The zero-order chi connectivity index (χ0) is 11.8. The van der Waals surface area contributed by atoms with Crippen LogP contribution in [0.2, 0.25) is 5.02 Å². The van der Waals surface area contributed by atoms with Gasteiger partial charge < -0.3 is 4.74 Å². The van der Waals surface area contributed by atoms with Gasteiger partial charge in [-0.25, -0.2) is 0 Å². The van der Waals surface area contributed by atoms with Gasteiger partial charge in [-0.15, -0.1) is 0 Å². The van der Waals surface area contributed by atoms with Crippen molar-refractivity contribution in [2.24, 2.45) is 5.41 Å². The fourth-order valence-electron chi connectivity index (χ4n) is 2.05. The molecule has 0 N–H and O–H groups in total. The van der Waals surface area contributed by atoms with E-state index in [0.29, 0.717) is 5.02 Å². The van der Waals surface area contributed by atoms with Crippen LogP contribution in [0.25, 0.3) is 0 Å². The molecule has 0 saturated heterocycles. The van der Waals surface area contributed by atoms with Gasteiger partial charge >= 0.3 is 0 Å². The third-order valence-electron chi connectivity index (χ3n) is 3.37. The summed E-state index contributed by atoms with van der Waals surface area (Å²) in [6.07, 6.45) is 2.71. The topological polar surface area (TPSA) is 26.3 Å². The van der Waals surface area contributed by atoms with Crippen molar-refractivity contribution in [3.8, 4) is 5.75 Å². The number of methoxy groups -OCH3 is 1. The number of hydrogen-bond acceptors (Lipinski definition) is 2. The summed E-state index contributed by atoms with van der Waals surface area (Å²) in [6.45, 7) is 1.67. The monoisotopic (exact) mass is 238 g/mol. The molecule has 1 saturated carbocycles. The molecule has 0 unspecified atom stereocenters. The number of benzene rings is 1. The van der Waals surface area contributed by atoms with Gasteiger partial charge in [-0.1, -0.05) is 11.6 Å². The van der Waals surface area contributed by atoms with Gasteiger partial charge in [0.05, 0.1) is 7.11 Å². The molecule has 1 aliphatic carbocycles. The maximum absolute atomic E-state index is 11.5. The SMILES string of the molecule is COc1ccc(Cl)cc1CC1(C(C)=O)CC1. The van der Waals surface area contributed by atoms with Gasteiger partial charge in [0.1, 0.15) is 11.5 Å². The minimum atomic E-state index is -0.141. The molecule has 0 aliphatic heterocycles. The van der Waals surface area contributed by atoms with Gasteiger partial charge in [0, 0.05) is 10.4 Å². The molecule has 1 aromatic rings. The molecule has 1 aliphatic rings. The van der Waals surface area contributed by atoms with Gasteiger partial charge in [-0.2, -0.15) is 0 Å². The average molecular weight is 239 g/mol.